The van der Waals surface area contributed by atoms with Crippen LogP contribution in [0.4, 0.5) is 0 Å². The van der Waals surface area contributed by atoms with Crippen molar-refractivity contribution >= 4 is 0 Å². The van der Waals surface area contributed by atoms with E-state index in [2.05, 4.69) is 12.2 Å². The molecule has 0 bridgehead atoms. The van der Waals surface area contributed by atoms with Crippen LogP contribution in [0, 0.1) is 5.92 Å². The summed E-state index contributed by atoms with van der Waals surface area (Å²) < 4.78 is 0. The highest BCUT2D eigenvalue weighted by atomic mass is 14.9. The molecule has 1 fully saturated rings. The zero-order valence-electron chi connectivity index (χ0n) is 13.1. The van der Waals surface area contributed by atoms with Crippen molar-refractivity contribution in [2.45, 2.75) is 90.0 Å². The van der Waals surface area contributed by atoms with Crippen LogP contribution in [-0.2, 0) is 0 Å². The molecule has 0 spiro atoms. The average molecular weight is 268 g/mol. The minimum atomic E-state index is 0.565. The maximum absolute atomic E-state index is 5.85. The van der Waals surface area contributed by atoms with E-state index in [1.807, 2.05) is 0 Å². The summed E-state index contributed by atoms with van der Waals surface area (Å²) in [4.78, 5) is 0. The van der Waals surface area contributed by atoms with Crippen LogP contribution in [0.3, 0.4) is 0 Å². The largest absolute Gasteiger partial charge is 0.329 e. The molecule has 0 aromatic heterocycles. The van der Waals surface area contributed by atoms with Crippen LogP contribution in [0.25, 0.3) is 0 Å². The molecule has 1 unspecified atom stereocenters. The van der Waals surface area contributed by atoms with E-state index in [1.165, 1.54) is 83.6 Å². The van der Waals surface area contributed by atoms with Crippen molar-refractivity contribution in [1.29, 1.82) is 0 Å². The first-order chi connectivity index (χ1) is 9.36. The van der Waals surface area contributed by atoms with Gasteiger partial charge in [0.15, 0.2) is 0 Å². The Morgan fingerprint density at radius 2 is 1.74 bits per heavy atom. The molecular weight excluding hydrogens is 232 g/mol. The molecule has 0 aliphatic heterocycles. The zero-order chi connectivity index (χ0) is 13.8. The second kappa shape index (κ2) is 11.7. The van der Waals surface area contributed by atoms with Gasteiger partial charge in [0.05, 0.1) is 0 Å². The highest BCUT2D eigenvalue weighted by molar-refractivity contribution is 4.73. The van der Waals surface area contributed by atoms with Gasteiger partial charge in [-0.05, 0) is 25.3 Å². The molecule has 1 atom stereocenters. The predicted octanol–water partition coefficient (Wildman–Crippen LogP) is 4.23. The Hall–Kier alpha value is -0.0800. The van der Waals surface area contributed by atoms with Gasteiger partial charge in [0.2, 0.25) is 0 Å². The normalized spacial score (nSPS) is 17.4. The Kier molecular flexibility index (Phi) is 10.5. The molecule has 3 N–H and O–H groups in total. The number of unbranched alkanes of at least 4 members (excludes halogenated alkanes) is 6. The van der Waals surface area contributed by atoms with Gasteiger partial charge in [-0.2, -0.15) is 0 Å². The zero-order valence-corrected chi connectivity index (χ0v) is 13.1. The number of hydrogen-bond acceptors (Lipinski definition) is 2. The fraction of sp³-hybridized carbons (Fsp3) is 1.00. The molecule has 1 saturated carbocycles. The Labute approximate surface area is 120 Å². The van der Waals surface area contributed by atoms with Crippen molar-refractivity contribution in [2.75, 3.05) is 13.1 Å². The van der Waals surface area contributed by atoms with Crippen molar-refractivity contribution in [3.05, 3.63) is 0 Å². The lowest BCUT2D eigenvalue weighted by atomic mass is 9.83. The van der Waals surface area contributed by atoms with Gasteiger partial charge in [0.1, 0.15) is 0 Å². The first-order valence-electron chi connectivity index (χ1n) is 8.80. The topological polar surface area (TPSA) is 38.0 Å². The lowest BCUT2D eigenvalue weighted by Crippen LogP contribution is -2.37. The maximum Gasteiger partial charge on any atom is 0.0190 e. The molecule has 0 radical (unpaired) electrons. The quantitative estimate of drug-likeness (QED) is 0.490. The summed E-state index contributed by atoms with van der Waals surface area (Å²) in [5.74, 6) is 1.02. The molecule has 2 nitrogen and oxygen atoms in total. The SMILES string of the molecule is CCCCCCCCCC(CN)NCCC1CCC1. The fourth-order valence-corrected chi connectivity index (χ4v) is 2.92. The van der Waals surface area contributed by atoms with Gasteiger partial charge < -0.3 is 11.1 Å². The van der Waals surface area contributed by atoms with Gasteiger partial charge in [-0.1, -0.05) is 71.1 Å². The Bertz CT molecular complexity index is 190. The Morgan fingerprint density at radius 3 is 2.32 bits per heavy atom. The Balaban J connectivity index is 1.86. The van der Waals surface area contributed by atoms with Gasteiger partial charge in [0.25, 0.3) is 0 Å². The van der Waals surface area contributed by atoms with E-state index in [4.69, 9.17) is 5.73 Å². The molecule has 19 heavy (non-hydrogen) atoms. The minimum absolute atomic E-state index is 0.565. The summed E-state index contributed by atoms with van der Waals surface area (Å²) >= 11 is 0. The van der Waals surface area contributed by atoms with E-state index < -0.39 is 0 Å². The number of nitrogens with two attached hydrogens (primary N) is 1. The molecule has 1 rings (SSSR count). The lowest BCUT2D eigenvalue weighted by molar-refractivity contribution is 0.285. The smallest absolute Gasteiger partial charge is 0.0190 e. The second-order valence-electron chi connectivity index (χ2n) is 6.38. The third-order valence-corrected chi connectivity index (χ3v) is 4.65. The highest BCUT2D eigenvalue weighted by Gasteiger charge is 2.17. The first-order valence-corrected chi connectivity index (χ1v) is 8.80. The van der Waals surface area contributed by atoms with Gasteiger partial charge in [-0.15, -0.1) is 0 Å². The van der Waals surface area contributed by atoms with Crippen LogP contribution >= 0.6 is 0 Å². The van der Waals surface area contributed by atoms with Crippen LogP contribution in [0.15, 0.2) is 0 Å². The first kappa shape index (κ1) is 17.0. The van der Waals surface area contributed by atoms with Gasteiger partial charge in [-0.3, -0.25) is 0 Å². The third-order valence-electron chi connectivity index (χ3n) is 4.65. The molecule has 1 aliphatic rings. The van der Waals surface area contributed by atoms with E-state index in [-0.39, 0.29) is 0 Å². The highest BCUT2D eigenvalue weighted by Crippen LogP contribution is 2.28. The number of nitrogens with one attached hydrogen (secondary N) is 1. The van der Waals surface area contributed by atoms with E-state index in [0.29, 0.717) is 6.04 Å². The van der Waals surface area contributed by atoms with Crippen LogP contribution in [-0.4, -0.2) is 19.1 Å². The van der Waals surface area contributed by atoms with E-state index in [0.717, 1.165) is 12.5 Å². The summed E-state index contributed by atoms with van der Waals surface area (Å²) in [6, 6.07) is 0.565. The van der Waals surface area contributed by atoms with E-state index >= 15 is 0 Å². The summed E-state index contributed by atoms with van der Waals surface area (Å²) in [7, 11) is 0. The monoisotopic (exact) mass is 268 g/mol. The molecular formula is C17H36N2. The molecule has 0 saturated heterocycles. The van der Waals surface area contributed by atoms with Gasteiger partial charge in [0, 0.05) is 12.6 Å². The van der Waals surface area contributed by atoms with E-state index in [1.54, 1.807) is 0 Å². The molecule has 0 heterocycles. The molecule has 0 aromatic carbocycles. The molecule has 2 heteroatoms. The summed E-state index contributed by atoms with van der Waals surface area (Å²) in [5.41, 5.74) is 5.85. The third kappa shape index (κ3) is 8.65. The molecule has 114 valence electrons. The predicted molar refractivity (Wildman–Crippen MR) is 85.4 cm³/mol. The second-order valence-corrected chi connectivity index (χ2v) is 6.38. The average Bonchev–Trinajstić information content (AvgIpc) is 2.38. The maximum atomic E-state index is 5.85. The van der Waals surface area contributed by atoms with Crippen LogP contribution in [0.1, 0.15) is 84.0 Å². The summed E-state index contributed by atoms with van der Waals surface area (Å²) in [6.07, 6.45) is 16.8. The van der Waals surface area contributed by atoms with Crippen molar-refractivity contribution in [3.63, 3.8) is 0 Å². The molecule has 0 amide bonds. The van der Waals surface area contributed by atoms with Crippen molar-refractivity contribution < 1.29 is 0 Å². The van der Waals surface area contributed by atoms with Crippen molar-refractivity contribution in [2.24, 2.45) is 11.7 Å². The standard InChI is InChI=1S/C17H36N2/c1-2-3-4-5-6-7-8-12-17(15-18)19-14-13-16-10-9-11-16/h16-17,19H,2-15,18H2,1H3. The van der Waals surface area contributed by atoms with Crippen LogP contribution < -0.4 is 11.1 Å². The van der Waals surface area contributed by atoms with Crippen LogP contribution in [0.2, 0.25) is 0 Å². The molecule has 0 aromatic rings. The van der Waals surface area contributed by atoms with Crippen molar-refractivity contribution in [1.82, 2.24) is 5.32 Å². The minimum Gasteiger partial charge on any atom is -0.329 e. The van der Waals surface area contributed by atoms with Crippen LogP contribution in [0.5, 0.6) is 0 Å². The lowest BCUT2D eigenvalue weighted by Gasteiger charge is -2.26. The molecule has 1 aliphatic carbocycles. The van der Waals surface area contributed by atoms with Crippen molar-refractivity contribution in [3.8, 4) is 0 Å². The number of hydrogen-bond donors (Lipinski definition) is 2. The Morgan fingerprint density at radius 1 is 1.05 bits per heavy atom. The van der Waals surface area contributed by atoms with Gasteiger partial charge >= 0.3 is 0 Å². The van der Waals surface area contributed by atoms with Gasteiger partial charge in [-0.25, -0.2) is 0 Å². The van der Waals surface area contributed by atoms with E-state index in [9.17, 15) is 0 Å². The summed E-state index contributed by atoms with van der Waals surface area (Å²) in [5, 5.41) is 3.65. The summed E-state index contributed by atoms with van der Waals surface area (Å²) in [6.45, 7) is 4.27. The number of rotatable bonds is 13. The fourth-order valence-electron chi connectivity index (χ4n) is 2.92.